The molecule has 2 aliphatic rings. The number of hydrogen-bond acceptors (Lipinski definition) is 6. The normalized spacial score (nSPS) is 22.1. The van der Waals surface area contributed by atoms with Crippen molar-refractivity contribution in [1.82, 2.24) is 19.5 Å². The third-order valence-corrected chi connectivity index (χ3v) is 6.54. The Bertz CT molecular complexity index is 1240. The van der Waals surface area contributed by atoms with E-state index in [1.54, 1.807) is 27.7 Å². The molecule has 1 saturated heterocycles. The van der Waals surface area contributed by atoms with Crippen LogP contribution in [0.2, 0.25) is 0 Å². The van der Waals surface area contributed by atoms with Crippen molar-refractivity contribution in [3.63, 3.8) is 0 Å². The minimum Gasteiger partial charge on any atom is -0.444 e. The highest BCUT2D eigenvalue weighted by atomic mass is 19.4. The smallest absolute Gasteiger partial charge is 0.444 e. The summed E-state index contributed by atoms with van der Waals surface area (Å²) < 4.78 is 48.6. The van der Waals surface area contributed by atoms with Crippen LogP contribution in [0, 0.1) is 11.8 Å². The summed E-state index contributed by atoms with van der Waals surface area (Å²) in [6.45, 7) is 6.83. The Labute approximate surface area is 206 Å². The Kier molecular flexibility index (Phi) is 5.96. The van der Waals surface area contributed by atoms with Gasteiger partial charge < -0.3 is 19.7 Å². The molecule has 1 aromatic carbocycles. The van der Waals surface area contributed by atoms with Crippen molar-refractivity contribution >= 4 is 17.7 Å². The van der Waals surface area contributed by atoms with Gasteiger partial charge in [-0.2, -0.15) is 4.98 Å². The SMILES string of the molecule is CC(C)(C)OC(=O)N1C[C@H]2CC[C@@H](C1)C2Nc1nc2c(-c3ccc(OC(F)(F)F)cc3)cccn2n1. The monoisotopic (exact) mass is 503 g/mol. The number of halogens is 3. The first-order chi connectivity index (χ1) is 16.9. The third-order valence-electron chi connectivity index (χ3n) is 6.54. The van der Waals surface area contributed by atoms with E-state index in [0.29, 0.717) is 30.2 Å². The molecule has 1 amide bonds. The van der Waals surface area contributed by atoms with Crippen molar-refractivity contribution in [1.29, 1.82) is 0 Å². The number of carbonyl (C=O) groups is 1. The number of carbonyl (C=O) groups excluding carboxylic acids is 1. The number of likely N-dealkylation sites (tertiary alicyclic amines) is 1. The number of hydrogen-bond donors (Lipinski definition) is 1. The molecular weight excluding hydrogens is 475 g/mol. The Balaban J connectivity index is 1.32. The molecule has 1 N–H and O–H groups in total. The quantitative estimate of drug-likeness (QED) is 0.517. The summed E-state index contributed by atoms with van der Waals surface area (Å²) in [7, 11) is 0. The highest BCUT2D eigenvalue weighted by molar-refractivity contribution is 5.78. The number of benzene rings is 1. The molecule has 3 atom stereocenters. The predicted octanol–water partition coefficient (Wildman–Crippen LogP) is 5.35. The van der Waals surface area contributed by atoms with Crippen LogP contribution in [-0.4, -0.2) is 56.7 Å². The Hall–Kier alpha value is -3.50. The van der Waals surface area contributed by atoms with Crippen LogP contribution in [0.5, 0.6) is 5.75 Å². The molecule has 1 aliphatic heterocycles. The third kappa shape index (κ3) is 5.19. The number of fused-ring (bicyclic) bond motifs is 3. The number of aromatic nitrogens is 3. The Morgan fingerprint density at radius 3 is 2.33 bits per heavy atom. The van der Waals surface area contributed by atoms with E-state index in [2.05, 4.69) is 20.1 Å². The van der Waals surface area contributed by atoms with Gasteiger partial charge in [-0.3, -0.25) is 0 Å². The number of nitrogens with zero attached hydrogens (tertiary/aromatic N) is 4. The molecule has 11 heteroatoms. The van der Waals surface area contributed by atoms with Crippen molar-refractivity contribution in [2.75, 3.05) is 18.4 Å². The van der Waals surface area contributed by atoms with Gasteiger partial charge in [0.25, 0.3) is 0 Å². The lowest BCUT2D eigenvalue weighted by molar-refractivity contribution is -0.274. The highest BCUT2D eigenvalue weighted by Gasteiger charge is 2.44. The molecule has 8 nitrogen and oxygen atoms in total. The number of pyridine rings is 1. The first-order valence-electron chi connectivity index (χ1n) is 11.9. The van der Waals surface area contributed by atoms with Gasteiger partial charge in [-0.25, -0.2) is 9.31 Å². The Morgan fingerprint density at radius 1 is 1.06 bits per heavy atom. The van der Waals surface area contributed by atoms with Gasteiger partial charge in [0, 0.05) is 30.9 Å². The van der Waals surface area contributed by atoms with E-state index < -0.39 is 12.0 Å². The summed E-state index contributed by atoms with van der Waals surface area (Å²) in [5.41, 5.74) is 1.48. The standard InChI is InChI=1S/C25H28F3N5O3/c1-24(2,3)36-23(34)32-13-16-6-7-17(14-32)20(16)29-22-30-21-19(5-4-12-33(21)31-22)15-8-10-18(11-9-15)35-25(26,27)28/h4-5,8-12,16-17,20H,6-7,13-14H2,1-3H3,(H,29,31)/t16-,17+,20?. The largest absolute Gasteiger partial charge is 0.573 e. The second-order valence-electron chi connectivity index (χ2n) is 10.4. The van der Waals surface area contributed by atoms with E-state index >= 15 is 0 Å². The molecule has 0 radical (unpaired) electrons. The second kappa shape index (κ2) is 8.86. The fourth-order valence-electron chi connectivity index (χ4n) is 5.11. The molecule has 2 bridgehead atoms. The van der Waals surface area contributed by atoms with Gasteiger partial charge in [0.2, 0.25) is 5.95 Å². The van der Waals surface area contributed by atoms with Gasteiger partial charge in [0.15, 0.2) is 5.65 Å². The number of anilines is 1. The van der Waals surface area contributed by atoms with E-state index in [0.717, 1.165) is 18.4 Å². The predicted molar refractivity (Wildman–Crippen MR) is 127 cm³/mol. The first-order valence-corrected chi connectivity index (χ1v) is 11.9. The van der Waals surface area contributed by atoms with Gasteiger partial charge >= 0.3 is 12.5 Å². The molecule has 2 aromatic heterocycles. The van der Waals surface area contributed by atoms with Crippen LogP contribution >= 0.6 is 0 Å². The molecule has 192 valence electrons. The number of nitrogens with one attached hydrogen (secondary N) is 1. The van der Waals surface area contributed by atoms with Crippen LogP contribution in [0.3, 0.4) is 0 Å². The van der Waals surface area contributed by atoms with Crippen molar-refractivity contribution in [3.8, 4) is 16.9 Å². The topological polar surface area (TPSA) is 81.0 Å². The lowest BCUT2D eigenvalue weighted by atomic mass is 9.92. The minimum atomic E-state index is -4.74. The zero-order chi connectivity index (χ0) is 25.7. The van der Waals surface area contributed by atoms with Crippen LogP contribution in [0.25, 0.3) is 16.8 Å². The summed E-state index contributed by atoms with van der Waals surface area (Å²) in [6.07, 6.45) is -1.23. The fraction of sp³-hybridized carbons (Fsp3) is 0.480. The van der Waals surface area contributed by atoms with Gasteiger partial charge in [-0.1, -0.05) is 12.1 Å². The lowest BCUT2D eigenvalue weighted by Gasteiger charge is -2.38. The van der Waals surface area contributed by atoms with Crippen molar-refractivity contribution in [3.05, 3.63) is 42.6 Å². The minimum absolute atomic E-state index is 0.142. The lowest BCUT2D eigenvalue weighted by Crippen LogP contribution is -2.51. The number of rotatable bonds is 4. The maximum absolute atomic E-state index is 12.6. The van der Waals surface area contributed by atoms with Crippen molar-refractivity contribution < 1.29 is 27.4 Å². The van der Waals surface area contributed by atoms with Gasteiger partial charge in [-0.05, 0) is 75.3 Å². The molecular formula is C25H28F3N5O3. The van der Waals surface area contributed by atoms with E-state index in [-0.39, 0.29) is 29.7 Å². The summed E-state index contributed by atoms with van der Waals surface area (Å²) in [4.78, 5) is 19.1. The van der Waals surface area contributed by atoms with Crippen LogP contribution in [0.15, 0.2) is 42.6 Å². The van der Waals surface area contributed by atoms with Gasteiger partial charge in [-0.15, -0.1) is 18.3 Å². The number of piperidine rings is 1. The van der Waals surface area contributed by atoms with E-state index in [9.17, 15) is 18.0 Å². The van der Waals surface area contributed by atoms with Crippen molar-refractivity contribution in [2.24, 2.45) is 11.8 Å². The zero-order valence-electron chi connectivity index (χ0n) is 20.2. The zero-order valence-corrected chi connectivity index (χ0v) is 20.2. The van der Waals surface area contributed by atoms with Crippen LogP contribution in [0.4, 0.5) is 23.9 Å². The molecule has 0 spiro atoms. The number of ether oxygens (including phenoxy) is 2. The summed E-state index contributed by atoms with van der Waals surface area (Å²) in [5.74, 6) is 0.731. The van der Waals surface area contributed by atoms with E-state index in [4.69, 9.17) is 4.74 Å². The van der Waals surface area contributed by atoms with Crippen LogP contribution < -0.4 is 10.1 Å². The van der Waals surface area contributed by atoms with Crippen LogP contribution in [-0.2, 0) is 4.74 Å². The molecule has 36 heavy (non-hydrogen) atoms. The van der Waals surface area contributed by atoms with Gasteiger partial charge in [0.05, 0.1) is 0 Å². The highest BCUT2D eigenvalue weighted by Crippen LogP contribution is 2.39. The second-order valence-corrected chi connectivity index (χ2v) is 10.4. The fourth-order valence-corrected chi connectivity index (χ4v) is 5.11. The van der Waals surface area contributed by atoms with Crippen molar-refractivity contribution in [2.45, 2.75) is 51.6 Å². The summed E-state index contributed by atoms with van der Waals surface area (Å²) in [5, 5.41) is 8.06. The number of alkyl halides is 3. The molecule has 1 saturated carbocycles. The maximum Gasteiger partial charge on any atom is 0.573 e. The summed E-state index contributed by atoms with van der Waals surface area (Å²) >= 11 is 0. The van der Waals surface area contributed by atoms with Crippen LogP contribution in [0.1, 0.15) is 33.6 Å². The summed E-state index contributed by atoms with van der Waals surface area (Å²) in [6, 6.07) is 9.47. The van der Waals surface area contributed by atoms with E-state index in [1.807, 2.05) is 32.9 Å². The maximum atomic E-state index is 12.6. The van der Waals surface area contributed by atoms with E-state index in [1.165, 1.54) is 12.1 Å². The average Bonchev–Trinajstić information content (AvgIpc) is 3.28. The molecule has 3 heterocycles. The first kappa shape index (κ1) is 24.2. The molecule has 5 rings (SSSR count). The average molecular weight is 504 g/mol. The molecule has 1 aliphatic carbocycles. The molecule has 3 aromatic rings. The molecule has 2 fully saturated rings. The Morgan fingerprint density at radius 2 is 1.72 bits per heavy atom. The molecule has 1 unspecified atom stereocenters. The van der Waals surface area contributed by atoms with Gasteiger partial charge in [0.1, 0.15) is 11.4 Å². The number of amides is 1.